The number of nitrogens with zero attached hydrogens (tertiary/aromatic N) is 1. The number of oxime groups is 1. The zero-order valence-electron chi connectivity index (χ0n) is 18.3. The number of hydrogen-bond acceptors (Lipinski definition) is 7. The molecule has 0 atom stereocenters. The van der Waals surface area contributed by atoms with Gasteiger partial charge < -0.3 is 13.8 Å². The van der Waals surface area contributed by atoms with Crippen molar-refractivity contribution in [1.29, 1.82) is 0 Å². The van der Waals surface area contributed by atoms with E-state index in [2.05, 4.69) is 5.16 Å². The second-order valence-corrected chi connectivity index (χ2v) is 9.31. The minimum atomic E-state index is -4.16. The second kappa shape index (κ2) is 9.70. The fourth-order valence-corrected chi connectivity index (χ4v) is 4.52. The smallest absolute Gasteiger partial charge is 0.368 e. The first kappa shape index (κ1) is 23.5. The maximum atomic E-state index is 12.8. The fourth-order valence-electron chi connectivity index (χ4n) is 3.26. The van der Waals surface area contributed by atoms with Crippen LogP contribution in [0.4, 0.5) is 0 Å². The van der Waals surface area contributed by atoms with Crippen LogP contribution in [0.25, 0.3) is 6.08 Å². The third kappa shape index (κ3) is 4.98. The monoisotopic (exact) mass is 497 g/mol. The number of carbonyl (C=O) groups excluding carboxylic acids is 1. The molecular formula is C25H20ClNO6S. The molecule has 0 amide bonds. The molecule has 0 unspecified atom stereocenters. The van der Waals surface area contributed by atoms with Gasteiger partial charge in [-0.25, -0.2) is 4.79 Å². The third-order valence-electron chi connectivity index (χ3n) is 4.89. The van der Waals surface area contributed by atoms with E-state index in [1.165, 1.54) is 24.3 Å². The van der Waals surface area contributed by atoms with Crippen LogP contribution in [0.15, 0.2) is 82.4 Å². The van der Waals surface area contributed by atoms with Gasteiger partial charge in [0, 0.05) is 5.56 Å². The normalized spacial score (nSPS) is 14.6. The van der Waals surface area contributed by atoms with Crippen molar-refractivity contribution in [3.63, 3.8) is 0 Å². The van der Waals surface area contributed by atoms with E-state index in [4.69, 9.17) is 25.4 Å². The van der Waals surface area contributed by atoms with Gasteiger partial charge in [0.1, 0.15) is 10.6 Å². The van der Waals surface area contributed by atoms with Crippen molar-refractivity contribution >= 4 is 39.5 Å². The van der Waals surface area contributed by atoms with Gasteiger partial charge in [-0.05, 0) is 49.8 Å². The van der Waals surface area contributed by atoms with E-state index in [1.807, 2.05) is 25.1 Å². The number of hydrogen-bond donors (Lipinski definition) is 0. The summed E-state index contributed by atoms with van der Waals surface area (Å²) < 4.78 is 36.6. The minimum absolute atomic E-state index is 0.00180. The summed E-state index contributed by atoms with van der Waals surface area (Å²) in [6, 6.07) is 18.4. The molecule has 174 valence electrons. The van der Waals surface area contributed by atoms with Gasteiger partial charge in [0.2, 0.25) is 5.75 Å². The lowest BCUT2D eigenvalue weighted by molar-refractivity contribution is -0.136. The van der Waals surface area contributed by atoms with Crippen LogP contribution in [-0.4, -0.2) is 26.7 Å². The lowest BCUT2D eigenvalue weighted by Gasteiger charge is -2.14. The highest BCUT2D eigenvalue weighted by atomic mass is 35.5. The van der Waals surface area contributed by atoms with Gasteiger partial charge in [0.05, 0.1) is 17.2 Å². The van der Waals surface area contributed by atoms with Gasteiger partial charge in [-0.1, -0.05) is 64.8 Å². The first-order valence-electron chi connectivity index (χ1n) is 10.3. The Kier molecular flexibility index (Phi) is 6.72. The molecule has 0 bridgehead atoms. The quantitative estimate of drug-likeness (QED) is 0.254. The van der Waals surface area contributed by atoms with Crippen LogP contribution < -0.4 is 8.92 Å². The zero-order valence-corrected chi connectivity index (χ0v) is 19.9. The summed E-state index contributed by atoms with van der Waals surface area (Å²) in [4.78, 5) is 17.2. The molecule has 7 nitrogen and oxygen atoms in total. The summed E-state index contributed by atoms with van der Waals surface area (Å²) in [6.45, 7) is 3.82. The Balaban J connectivity index is 1.72. The van der Waals surface area contributed by atoms with Crippen LogP contribution in [0, 0.1) is 6.92 Å². The summed E-state index contributed by atoms with van der Waals surface area (Å²) in [7, 11) is -4.16. The highest BCUT2D eigenvalue weighted by Gasteiger charge is 2.28. The molecule has 0 saturated heterocycles. The molecule has 0 spiro atoms. The molecule has 0 N–H and O–H groups in total. The van der Waals surface area contributed by atoms with Gasteiger partial charge in [0.15, 0.2) is 5.75 Å². The highest BCUT2D eigenvalue weighted by molar-refractivity contribution is 7.87. The van der Waals surface area contributed by atoms with Crippen LogP contribution in [0.2, 0.25) is 5.02 Å². The Morgan fingerprint density at radius 1 is 1.06 bits per heavy atom. The molecule has 0 saturated carbocycles. The van der Waals surface area contributed by atoms with E-state index in [9.17, 15) is 13.2 Å². The first-order chi connectivity index (χ1) is 16.3. The summed E-state index contributed by atoms with van der Waals surface area (Å²) in [6.07, 6.45) is 1.55. The number of halogens is 1. The van der Waals surface area contributed by atoms with Crippen molar-refractivity contribution < 1.29 is 27.0 Å². The van der Waals surface area contributed by atoms with Crippen LogP contribution in [0.3, 0.4) is 0 Å². The standard InChI is InChI=1S/C25H20ClNO6S/c1-3-31-22-15-17(13-20-23(27-32-25(20)28)18-7-5-4-6-8-18)14-21(26)24(22)33-34(29,30)19-11-9-16(2)10-12-19/h4-15H,3H2,1-2H3/b20-13-. The van der Waals surface area contributed by atoms with E-state index < -0.39 is 16.1 Å². The van der Waals surface area contributed by atoms with Crippen LogP contribution in [0.5, 0.6) is 11.5 Å². The average Bonchev–Trinajstić information content (AvgIpc) is 3.17. The van der Waals surface area contributed by atoms with E-state index >= 15 is 0 Å². The Morgan fingerprint density at radius 3 is 2.44 bits per heavy atom. The molecule has 1 aliphatic rings. The Hall–Kier alpha value is -3.62. The Bertz CT molecular complexity index is 1400. The summed E-state index contributed by atoms with van der Waals surface area (Å²) in [5, 5.41) is 3.88. The highest BCUT2D eigenvalue weighted by Crippen LogP contribution is 2.39. The largest absolute Gasteiger partial charge is 0.490 e. The van der Waals surface area contributed by atoms with Crippen molar-refractivity contribution in [2.75, 3.05) is 6.61 Å². The van der Waals surface area contributed by atoms with Gasteiger partial charge in [-0.2, -0.15) is 8.42 Å². The van der Waals surface area contributed by atoms with Crippen LogP contribution >= 0.6 is 11.6 Å². The number of ether oxygens (including phenoxy) is 1. The van der Waals surface area contributed by atoms with E-state index in [1.54, 1.807) is 37.3 Å². The topological polar surface area (TPSA) is 91.3 Å². The SMILES string of the molecule is CCOc1cc(/C=C2\C(=O)ON=C2c2ccccc2)cc(Cl)c1OS(=O)(=O)c1ccc(C)cc1. The average molecular weight is 498 g/mol. The zero-order chi connectivity index (χ0) is 24.3. The molecule has 34 heavy (non-hydrogen) atoms. The number of aryl methyl sites for hydroxylation is 1. The molecule has 4 rings (SSSR count). The molecule has 1 aliphatic heterocycles. The van der Waals surface area contributed by atoms with Crippen molar-refractivity contribution in [2.24, 2.45) is 5.16 Å². The first-order valence-corrected chi connectivity index (χ1v) is 12.1. The third-order valence-corrected chi connectivity index (χ3v) is 6.40. The molecule has 0 radical (unpaired) electrons. The number of benzene rings is 3. The summed E-state index contributed by atoms with van der Waals surface area (Å²) in [5.74, 6) is -0.644. The van der Waals surface area contributed by atoms with Gasteiger partial charge >= 0.3 is 16.1 Å². The van der Waals surface area contributed by atoms with Gasteiger partial charge in [-0.15, -0.1) is 0 Å². The Labute approximate surface area is 202 Å². The molecule has 9 heteroatoms. The summed E-state index contributed by atoms with van der Waals surface area (Å²) >= 11 is 6.42. The molecule has 0 aromatic heterocycles. The maximum absolute atomic E-state index is 12.8. The molecule has 0 aliphatic carbocycles. The maximum Gasteiger partial charge on any atom is 0.368 e. The lowest BCUT2D eigenvalue weighted by atomic mass is 10.0. The second-order valence-electron chi connectivity index (χ2n) is 7.36. The fraction of sp³-hybridized carbons (Fsp3) is 0.120. The number of rotatable bonds is 7. The van der Waals surface area contributed by atoms with Crippen molar-refractivity contribution in [1.82, 2.24) is 0 Å². The predicted octanol–water partition coefficient (Wildman–Crippen LogP) is 5.16. The molecular weight excluding hydrogens is 478 g/mol. The van der Waals surface area contributed by atoms with E-state index in [0.717, 1.165) is 5.56 Å². The predicted molar refractivity (Wildman–Crippen MR) is 129 cm³/mol. The number of carbonyl (C=O) groups is 1. The van der Waals surface area contributed by atoms with Crippen LogP contribution in [-0.2, 0) is 19.8 Å². The Morgan fingerprint density at radius 2 is 1.76 bits per heavy atom. The molecule has 0 fully saturated rings. The van der Waals surface area contributed by atoms with Crippen molar-refractivity contribution in [3.8, 4) is 11.5 Å². The van der Waals surface area contributed by atoms with Gasteiger partial charge in [0.25, 0.3) is 0 Å². The molecule has 3 aromatic carbocycles. The lowest BCUT2D eigenvalue weighted by Crippen LogP contribution is -2.11. The van der Waals surface area contributed by atoms with Crippen molar-refractivity contribution in [3.05, 3.63) is 94.0 Å². The van der Waals surface area contributed by atoms with Crippen molar-refractivity contribution in [2.45, 2.75) is 18.7 Å². The molecule has 1 heterocycles. The van der Waals surface area contributed by atoms with E-state index in [-0.39, 0.29) is 33.6 Å². The summed E-state index contributed by atoms with van der Waals surface area (Å²) in [5.41, 5.74) is 2.70. The minimum Gasteiger partial charge on any atom is -0.490 e. The van der Waals surface area contributed by atoms with Crippen LogP contribution in [0.1, 0.15) is 23.6 Å². The van der Waals surface area contributed by atoms with E-state index in [0.29, 0.717) is 16.8 Å². The molecule has 3 aromatic rings. The van der Waals surface area contributed by atoms with Gasteiger partial charge in [-0.3, -0.25) is 0 Å².